The molecule has 1 unspecified atom stereocenters. The van der Waals surface area contributed by atoms with Crippen LogP contribution in [0.3, 0.4) is 0 Å². The van der Waals surface area contributed by atoms with Gasteiger partial charge in [-0.1, -0.05) is 11.6 Å². The predicted octanol–water partition coefficient (Wildman–Crippen LogP) is 2.96. The summed E-state index contributed by atoms with van der Waals surface area (Å²) in [5, 5.41) is 0. The van der Waals surface area contributed by atoms with Gasteiger partial charge < -0.3 is 0 Å². The lowest BCUT2D eigenvalue weighted by atomic mass is 9.74. The van der Waals surface area contributed by atoms with Gasteiger partial charge in [-0.25, -0.2) is 8.78 Å². The minimum absolute atomic E-state index is 0.0492. The van der Waals surface area contributed by atoms with Gasteiger partial charge in [0.05, 0.1) is 0 Å². The van der Waals surface area contributed by atoms with Crippen LogP contribution in [0, 0.1) is 17.8 Å². The smallest absolute Gasteiger partial charge is 0.248 e. The average Bonchev–Trinajstić information content (AvgIpc) is 2.40. The van der Waals surface area contributed by atoms with E-state index >= 15 is 0 Å². The Morgan fingerprint density at radius 3 is 2.60 bits per heavy atom. The summed E-state index contributed by atoms with van der Waals surface area (Å²) in [6.07, 6.45) is 4.65. The van der Waals surface area contributed by atoms with Crippen molar-refractivity contribution in [1.82, 2.24) is 0 Å². The van der Waals surface area contributed by atoms with E-state index in [-0.39, 0.29) is 24.7 Å². The van der Waals surface area contributed by atoms with E-state index in [9.17, 15) is 13.6 Å². The Kier molecular flexibility index (Phi) is 1.83. The first kappa shape index (κ1) is 9.49. The molecule has 0 N–H and O–H groups in total. The SMILES string of the molecule is O=C1C[C@H]2CC(CC3CC(F)(F)C3)=CC12. The number of carbonyl (C=O) groups is 1. The normalized spacial score (nSPS) is 38.0. The van der Waals surface area contributed by atoms with Crippen LogP contribution in [0.15, 0.2) is 11.6 Å². The molecule has 1 nitrogen and oxygen atoms in total. The van der Waals surface area contributed by atoms with E-state index in [1.54, 1.807) is 0 Å². The number of carbonyl (C=O) groups excluding carboxylic acids is 1. The topological polar surface area (TPSA) is 17.1 Å². The van der Waals surface area contributed by atoms with Crippen molar-refractivity contribution in [2.24, 2.45) is 17.8 Å². The first-order chi connectivity index (χ1) is 7.03. The molecule has 2 fully saturated rings. The summed E-state index contributed by atoms with van der Waals surface area (Å²) >= 11 is 0. The Morgan fingerprint density at radius 1 is 1.33 bits per heavy atom. The third kappa shape index (κ3) is 1.52. The highest BCUT2D eigenvalue weighted by Crippen LogP contribution is 2.49. The van der Waals surface area contributed by atoms with Crippen molar-refractivity contribution in [3.8, 4) is 0 Å². The zero-order chi connectivity index (χ0) is 10.6. The number of Topliss-reactive ketones (excluding diaryl/α,β-unsaturated/α-hetero) is 1. The van der Waals surface area contributed by atoms with Crippen LogP contribution in [-0.2, 0) is 4.79 Å². The van der Waals surface area contributed by atoms with Gasteiger partial charge in [-0.05, 0) is 24.7 Å². The number of hydrogen-bond acceptors (Lipinski definition) is 1. The van der Waals surface area contributed by atoms with Crippen molar-refractivity contribution < 1.29 is 13.6 Å². The Morgan fingerprint density at radius 2 is 2.07 bits per heavy atom. The summed E-state index contributed by atoms with van der Waals surface area (Å²) in [7, 11) is 0. The zero-order valence-electron chi connectivity index (χ0n) is 8.51. The Labute approximate surface area is 87.5 Å². The Bertz CT molecular complexity index is 338. The van der Waals surface area contributed by atoms with Gasteiger partial charge in [0.15, 0.2) is 0 Å². The Hall–Kier alpha value is -0.730. The molecule has 0 spiro atoms. The van der Waals surface area contributed by atoms with E-state index in [0.717, 1.165) is 12.8 Å². The standard InChI is InChI=1S/C12H14F2O/c13-12(14)5-8(6-12)1-7-2-9-4-11(15)10(9)3-7/h3,8-10H,1-2,4-6H2/t9-,10?/m1/s1. The summed E-state index contributed by atoms with van der Waals surface area (Å²) in [5.41, 5.74) is 1.26. The van der Waals surface area contributed by atoms with Crippen molar-refractivity contribution in [3.63, 3.8) is 0 Å². The molecule has 0 aromatic rings. The molecule has 3 aliphatic carbocycles. The monoisotopic (exact) mass is 212 g/mol. The van der Waals surface area contributed by atoms with Gasteiger partial charge in [-0.2, -0.15) is 0 Å². The number of fused-ring (bicyclic) bond motifs is 1. The number of hydrogen-bond donors (Lipinski definition) is 0. The summed E-state index contributed by atoms with van der Waals surface area (Å²) in [6, 6.07) is 0. The minimum Gasteiger partial charge on any atom is -0.299 e. The molecule has 0 radical (unpaired) electrons. The van der Waals surface area contributed by atoms with E-state index in [4.69, 9.17) is 0 Å². The maximum Gasteiger partial charge on any atom is 0.248 e. The van der Waals surface area contributed by atoms with E-state index in [1.165, 1.54) is 5.57 Å². The highest BCUT2D eigenvalue weighted by Gasteiger charge is 2.47. The number of alkyl halides is 2. The number of rotatable bonds is 2. The van der Waals surface area contributed by atoms with E-state index in [2.05, 4.69) is 0 Å². The fourth-order valence-electron chi connectivity index (χ4n) is 3.16. The number of halogens is 2. The number of ketones is 1. The quantitative estimate of drug-likeness (QED) is 0.643. The summed E-state index contributed by atoms with van der Waals surface area (Å²) in [5.74, 6) is -1.22. The average molecular weight is 212 g/mol. The lowest BCUT2D eigenvalue weighted by molar-refractivity contribution is -0.130. The maximum absolute atomic E-state index is 12.6. The van der Waals surface area contributed by atoms with Crippen molar-refractivity contribution >= 4 is 5.78 Å². The number of allylic oxidation sites excluding steroid dienone is 2. The van der Waals surface area contributed by atoms with Gasteiger partial charge in [0, 0.05) is 25.2 Å². The van der Waals surface area contributed by atoms with Crippen LogP contribution < -0.4 is 0 Å². The molecule has 0 aromatic carbocycles. The van der Waals surface area contributed by atoms with Crippen LogP contribution in [-0.4, -0.2) is 11.7 Å². The summed E-state index contributed by atoms with van der Waals surface area (Å²) in [6.45, 7) is 0. The molecule has 3 heteroatoms. The molecule has 2 atom stereocenters. The lowest BCUT2D eigenvalue weighted by Gasteiger charge is -2.35. The van der Waals surface area contributed by atoms with Crippen LogP contribution in [0.5, 0.6) is 0 Å². The summed E-state index contributed by atoms with van der Waals surface area (Å²) < 4.78 is 25.2. The second-order valence-corrected chi connectivity index (χ2v) is 5.32. The molecule has 0 aliphatic heterocycles. The maximum atomic E-state index is 12.6. The predicted molar refractivity (Wildman–Crippen MR) is 51.6 cm³/mol. The minimum atomic E-state index is -2.40. The molecule has 3 rings (SSSR count). The van der Waals surface area contributed by atoms with Gasteiger partial charge >= 0.3 is 0 Å². The second-order valence-electron chi connectivity index (χ2n) is 5.32. The largest absolute Gasteiger partial charge is 0.299 e. The van der Waals surface area contributed by atoms with Gasteiger partial charge in [0.1, 0.15) is 5.78 Å². The first-order valence-electron chi connectivity index (χ1n) is 5.64. The highest BCUT2D eigenvalue weighted by atomic mass is 19.3. The summed E-state index contributed by atoms with van der Waals surface area (Å²) in [4.78, 5) is 11.2. The fraction of sp³-hybridized carbons (Fsp3) is 0.750. The van der Waals surface area contributed by atoms with Crippen LogP contribution in [0.2, 0.25) is 0 Å². The van der Waals surface area contributed by atoms with Gasteiger partial charge in [0.25, 0.3) is 0 Å². The lowest BCUT2D eigenvalue weighted by Crippen LogP contribution is -2.35. The molecule has 0 saturated heterocycles. The molecule has 0 heterocycles. The fourth-order valence-corrected chi connectivity index (χ4v) is 3.16. The third-order valence-corrected chi connectivity index (χ3v) is 4.01. The molecule has 2 saturated carbocycles. The van der Waals surface area contributed by atoms with Crippen molar-refractivity contribution in [2.75, 3.05) is 0 Å². The zero-order valence-corrected chi connectivity index (χ0v) is 8.51. The van der Waals surface area contributed by atoms with E-state index in [1.807, 2.05) is 6.08 Å². The van der Waals surface area contributed by atoms with Crippen LogP contribution in [0.25, 0.3) is 0 Å². The van der Waals surface area contributed by atoms with Crippen LogP contribution in [0.1, 0.15) is 32.1 Å². The van der Waals surface area contributed by atoms with Crippen LogP contribution in [0.4, 0.5) is 8.78 Å². The first-order valence-corrected chi connectivity index (χ1v) is 5.64. The third-order valence-electron chi connectivity index (χ3n) is 4.01. The van der Waals surface area contributed by atoms with E-state index < -0.39 is 5.92 Å². The molecule has 3 aliphatic rings. The van der Waals surface area contributed by atoms with Gasteiger partial charge in [-0.15, -0.1) is 0 Å². The molecule has 82 valence electrons. The van der Waals surface area contributed by atoms with Gasteiger partial charge in [-0.3, -0.25) is 4.79 Å². The van der Waals surface area contributed by atoms with Crippen LogP contribution >= 0.6 is 0 Å². The van der Waals surface area contributed by atoms with Crippen molar-refractivity contribution in [3.05, 3.63) is 11.6 Å². The molecule has 15 heavy (non-hydrogen) atoms. The van der Waals surface area contributed by atoms with Crippen molar-refractivity contribution in [1.29, 1.82) is 0 Å². The van der Waals surface area contributed by atoms with Gasteiger partial charge in [0.2, 0.25) is 5.92 Å². The molecule has 0 amide bonds. The Balaban J connectivity index is 1.55. The second kappa shape index (κ2) is 2.89. The highest BCUT2D eigenvalue weighted by molar-refractivity contribution is 5.90. The van der Waals surface area contributed by atoms with E-state index in [0.29, 0.717) is 18.1 Å². The molecular formula is C12H14F2O. The molecular weight excluding hydrogens is 198 g/mol. The molecule has 0 aromatic heterocycles. The molecule has 0 bridgehead atoms. The van der Waals surface area contributed by atoms with Crippen molar-refractivity contribution in [2.45, 2.75) is 38.0 Å².